The number of hydrogen-bond acceptors (Lipinski definition) is 4. The molecule has 1 atom stereocenters. The minimum absolute atomic E-state index is 0.200. The van der Waals surface area contributed by atoms with Crippen LogP contribution in [0.15, 0.2) is 42.0 Å². The molecule has 4 nitrogen and oxygen atoms in total. The highest BCUT2D eigenvalue weighted by Gasteiger charge is 2.24. The van der Waals surface area contributed by atoms with Crippen LogP contribution in [-0.2, 0) is 25.7 Å². The van der Waals surface area contributed by atoms with E-state index in [1.165, 1.54) is 0 Å². The third-order valence-corrected chi connectivity index (χ3v) is 3.92. The Hall–Kier alpha value is -2.10. The molecule has 0 heterocycles. The number of carbonyl (C=O) groups excluding carboxylic acids is 2. The molecule has 0 N–H and O–H groups in total. The minimum atomic E-state index is -0.499. The first-order valence-electron chi connectivity index (χ1n) is 9.39. The van der Waals surface area contributed by atoms with Crippen LogP contribution in [0.2, 0.25) is 0 Å². The molecule has 4 heteroatoms. The van der Waals surface area contributed by atoms with Crippen LogP contribution in [0.1, 0.15) is 65.9 Å². The Kier molecular flexibility index (Phi) is 9.11. The van der Waals surface area contributed by atoms with Gasteiger partial charge in [0, 0.05) is 5.57 Å². The normalized spacial score (nSPS) is 13.2. The van der Waals surface area contributed by atoms with Crippen LogP contribution in [-0.4, -0.2) is 17.5 Å². The van der Waals surface area contributed by atoms with Crippen LogP contribution >= 0.6 is 0 Å². The molecule has 0 bridgehead atoms. The number of esters is 2. The molecule has 1 rings (SSSR count). The Morgan fingerprint density at radius 3 is 2.31 bits per heavy atom. The summed E-state index contributed by atoms with van der Waals surface area (Å²) in [5.41, 5.74) is 1.09. The SMILES string of the molecule is CCC=C(CCC(CC)C(=O)OC(C)(C)C)C(=O)OCc1ccccc1. The summed E-state index contributed by atoms with van der Waals surface area (Å²) < 4.78 is 10.9. The molecule has 0 aliphatic heterocycles. The Morgan fingerprint density at radius 1 is 1.12 bits per heavy atom. The highest BCUT2D eigenvalue weighted by Crippen LogP contribution is 2.21. The van der Waals surface area contributed by atoms with E-state index in [-0.39, 0.29) is 24.5 Å². The third kappa shape index (κ3) is 8.32. The smallest absolute Gasteiger partial charge is 0.334 e. The average molecular weight is 360 g/mol. The van der Waals surface area contributed by atoms with E-state index in [1.807, 2.05) is 71.0 Å². The van der Waals surface area contributed by atoms with Gasteiger partial charge < -0.3 is 9.47 Å². The molecule has 26 heavy (non-hydrogen) atoms. The molecule has 0 aromatic heterocycles. The summed E-state index contributed by atoms with van der Waals surface area (Å²) in [5, 5.41) is 0. The van der Waals surface area contributed by atoms with Crippen LogP contribution in [0.3, 0.4) is 0 Å². The average Bonchev–Trinajstić information content (AvgIpc) is 2.58. The second kappa shape index (κ2) is 10.8. The van der Waals surface area contributed by atoms with Crippen molar-refractivity contribution in [1.82, 2.24) is 0 Å². The fraction of sp³-hybridized carbons (Fsp3) is 0.545. The maximum Gasteiger partial charge on any atom is 0.334 e. The first kappa shape index (κ1) is 21.9. The second-order valence-corrected chi connectivity index (χ2v) is 7.38. The van der Waals surface area contributed by atoms with Crippen molar-refractivity contribution in [3.8, 4) is 0 Å². The quantitative estimate of drug-likeness (QED) is 0.448. The van der Waals surface area contributed by atoms with Crippen molar-refractivity contribution in [2.75, 3.05) is 0 Å². The largest absolute Gasteiger partial charge is 0.460 e. The summed E-state index contributed by atoms with van der Waals surface area (Å²) in [5.74, 6) is -0.723. The first-order valence-corrected chi connectivity index (χ1v) is 9.39. The molecule has 1 unspecified atom stereocenters. The number of ether oxygens (including phenoxy) is 2. The third-order valence-electron chi connectivity index (χ3n) is 3.92. The minimum Gasteiger partial charge on any atom is -0.460 e. The predicted molar refractivity (Wildman–Crippen MR) is 103 cm³/mol. The fourth-order valence-electron chi connectivity index (χ4n) is 2.55. The summed E-state index contributed by atoms with van der Waals surface area (Å²) >= 11 is 0. The van der Waals surface area contributed by atoms with Crippen LogP contribution in [0.5, 0.6) is 0 Å². The summed E-state index contributed by atoms with van der Waals surface area (Å²) in [6.45, 7) is 9.79. The topological polar surface area (TPSA) is 52.6 Å². The molecular weight excluding hydrogens is 328 g/mol. The molecular formula is C22H32O4. The molecule has 0 saturated carbocycles. The van der Waals surface area contributed by atoms with E-state index in [1.54, 1.807) is 0 Å². The van der Waals surface area contributed by atoms with Crippen molar-refractivity contribution in [1.29, 1.82) is 0 Å². The number of hydrogen-bond donors (Lipinski definition) is 0. The molecule has 1 aromatic rings. The lowest BCUT2D eigenvalue weighted by Crippen LogP contribution is -2.28. The molecule has 0 amide bonds. The zero-order valence-corrected chi connectivity index (χ0v) is 16.7. The molecule has 0 saturated heterocycles. The zero-order chi connectivity index (χ0) is 19.6. The molecule has 0 radical (unpaired) electrons. The Bertz CT molecular complexity index is 596. The van der Waals surface area contributed by atoms with E-state index in [0.717, 1.165) is 12.0 Å². The first-order chi connectivity index (χ1) is 12.3. The summed E-state index contributed by atoms with van der Waals surface area (Å²) in [4.78, 5) is 24.7. The molecule has 0 aliphatic carbocycles. The van der Waals surface area contributed by atoms with Crippen LogP contribution in [0.4, 0.5) is 0 Å². The van der Waals surface area contributed by atoms with E-state index in [2.05, 4.69) is 0 Å². The lowest BCUT2D eigenvalue weighted by atomic mass is 9.96. The maximum absolute atomic E-state index is 12.4. The molecule has 1 aromatic carbocycles. The van der Waals surface area contributed by atoms with Gasteiger partial charge in [0.2, 0.25) is 0 Å². The van der Waals surface area contributed by atoms with Gasteiger partial charge in [-0.25, -0.2) is 4.79 Å². The van der Waals surface area contributed by atoms with Crippen LogP contribution in [0.25, 0.3) is 0 Å². The summed E-state index contributed by atoms with van der Waals surface area (Å²) in [7, 11) is 0. The lowest BCUT2D eigenvalue weighted by Gasteiger charge is -2.23. The van der Waals surface area contributed by atoms with Gasteiger partial charge in [-0.1, -0.05) is 50.3 Å². The number of benzene rings is 1. The van der Waals surface area contributed by atoms with Gasteiger partial charge in [-0.2, -0.15) is 0 Å². The number of carbonyl (C=O) groups is 2. The van der Waals surface area contributed by atoms with Gasteiger partial charge in [-0.15, -0.1) is 0 Å². The van der Waals surface area contributed by atoms with Crippen molar-refractivity contribution in [3.63, 3.8) is 0 Å². The van der Waals surface area contributed by atoms with Gasteiger partial charge in [0.25, 0.3) is 0 Å². The monoisotopic (exact) mass is 360 g/mol. The number of rotatable bonds is 9. The highest BCUT2D eigenvalue weighted by atomic mass is 16.6. The van der Waals surface area contributed by atoms with Crippen molar-refractivity contribution < 1.29 is 19.1 Å². The highest BCUT2D eigenvalue weighted by molar-refractivity contribution is 5.88. The molecule has 0 aliphatic rings. The second-order valence-electron chi connectivity index (χ2n) is 7.38. The Balaban J connectivity index is 2.62. The van der Waals surface area contributed by atoms with Gasteiger partial charge >= 0.3 is 11.9 Å². The van der Waals surface area contributed by atoms with E-state index in [4.69, 9.17) is 9.47 Å². The van der Waals surface area contributed by atoms with E-state index in [0.29, 0.717) is 24.8 Å². The number of allylic oxidation sites excluding steroid dienone is 1. The van der Waals surface area contributed by atoms with Gasteiger partial charge in [0.05, 0.1) is 5.92 Å². The Labute approximate surface area is 157 Å². The summed E-state index contributed by atoms with van der Waals surface area (Å²) in [6, 6.07) is 9.60. The van der Waals surface area contributed by atoms with Gasteiger partial charge in [0.1, 0.15) is 12.2 Å². The van der Waals surface area contributed by atoms with Gasteiger partial charge in [-0.05, 0) is 52.0 Å². The molecule has 0 spiro atoms. The van der Waals surface area contributed by atoms with E-state index in [9.17, 15) is 9.59 Å². The van der Waals surface area contributed by atoms with Crippen molar-refractivity contribution in [2.24, 2.45) is 5.92 Å². The van der Waals surface area contributed by atoms with Gasteiger partial charge in [0.15, 0.2) is 0 Å². The van der Waals surface area contributed by atoms with E-state index < -0.39 is 5.60 Å². The lowest BCUT2D eigenvalue weighted by molar-refractivity contribution is -0.160. The van der Waals surface area contributed by atoms with Crippen LogP contribution < -0.4 is 0 Å². The molecule has 144 valence electrons. The molecule has 0 fully saturated rings. The van der Waals surface area contributed by atoms with Crippen molar-refractivity contribution >= 4 is 11.9 Å². The van der Waals surface area contributed by atoms with E-state index >= 15 is 0 Å². The van der Waals surface area contributed by atoms with Crippen molar-refractivity contribution in [2.45, 2.75) is 72.5 Å². The van der Waals surface area contributed by atoms with Crippen molar-refractivity contribution in [3.05, 3.63) is 47.5 Å². The predicted octanol–water partition coefficient (Wildman–Crippen LogP) is 5.21. The Morgan fingerprint density at radius 2 is 1.77 bits per heavy atom. The standard InChI is InChI=1S/C22H32O4/c1-6-11-19(20(23)25-16-17-12-9-8-10-13-17)15-14-18(7-2)21(24)26-22(3,4)5/h8-13,18H,6-7,14-16H2,1-5H3. The summed E-state index contributed by atoms with van der Waals surface area (Å²) in [6.07, 6.45) is 4.42. The zero-order valence-electron chi connectivity index (χ0n) is 16.7. The van der Waals surface area contributed by atoms with Crippen LogP contribution in [0, 0.1) is 5.92 Å². The van der Waals surface area contributed by atoms with Gasteiger partial charge in [-0.3, -0.25) is 4.79 Å². The fourth-order valence-corrected chi connectivity index (χ4v) is 2.55. The maximum atomic E-state index is 12.4.